The van der Waals surface area contributed by atoms with E-state index in [-0.39, 0.29) is 16.8 Å². The van der Waals surface area contributed by atoms with E-state index in [1.54, 1.807) is 10.6 Å². The molecule has 5 nitrogen and oxygen atoms in total. The zero-order chi connectivity index (χ0) is 18.6. The fourth-order valence-corrected chi connectivity index (χ4v) is 6.28. The number of aromatic amines is 1. The van der Waals surface area contributed by atoms with Gasteiger partial charge in [0, 0.05) is 12.6 Å². The standard InChI is InChI=1S/C22H27N3O2/c1-14-2-4-15(5-3-14)13-23-19-9-20(26)25(21(27)24-19)22-10-16-6-17(11-22)8-18(7-16)12-22/h2-5,9,16-18,23H,6-8,10-13H2,1H3,(H,24,27). The summed E-state index contributed by atoms with van der Waals surface area (Å²) in [5.74, 6) is 2.59. The van der Waals surface area contributed by atoms with Gasteiger partial charge in [-0.2, -0.15) is 0 Å². The second kappa shape index (κ2) is 6.11. The molecule has 1 aromatic carbocycles. The number of anilines is 1. The van der Waals surface area contributed by atoms with Crippen LogP contribution in [0.2, 0.25) is 0 Å². The maximum Gasteiger partial charge on any atom is 0.330 e. The lowest BCUT2D eigenvalue weighted by Gasteiger charge is -2.56. The lowest BCUT2D eigenvalue weighted by atomic mass is 9.53. The van der Waals surface area contributed by atoms with Crippen LogP contribution in [0.4, 0.5) is 5.82 Å². The summed E-state index contributed by atoms with van der Waals surface area (Å²) in [5.41, 5.74) is 1.68. The molecule has 0 atom stereocenters. The van der Waals surface area contributed by atoms with Crippen LogP contribution in [0.25, 0.3) is 0 Å². The van der Waals surface area contributed by atoms with E-state index in [1.165, 1.54) is 24.8 Å². The minimum atomic E-state index is -0.254. The summed E-state index contributed by atoms with van der Waals surface area (Å²) in [5, 5.41) is 3.19. The number of hydrogen-bond acceptors (Lipinski definition) is 3. The Kier molecular flexibility index (Phi) is 3.81. The van der Waals surface area contributed by atoms with Gasteiger partial charge in [-0.3, -0.25) is 14.3 Å². The smallest absolute Gasteiger partial charge is 0.330 e. The Morgan fingerprint density at radius 1 is 1.04 bits per heavy atom. The van der Waals surface area contributed by atoms with Crippen LogP contribution in [0.5, 0.6) is 0 Å². The van der Waals surface area contributed by atoms with E-state index in [0.29, 0.717) is 30.1 Å². The zero-order valence-corrected chi connectivity index (χ0v) is 15.8. The third-order valence-electron chi connectivity index (χ3n) is 7.02. The molecule has 0 aliphatic heterocycles. The van der Waals surface area contributed by atoms with Crippen molar-refractivity contribution in [2.75, 3.05) is 5.32 Å². The largest absolute Gasteiger partial charge is 0.367 e. The Bertz CT molecular complexity index is 904. The zero-order valence-electron chi connectivity index (χ0n) is 15.8. The van der Waals surface area contributed by atoms with Gasteiger partial charge in [0.25, 0.3) is 5.56 Å². The van der Waals surface area contributed by atoms with E-state index >= 15 is 0 Å². The highest BCUT2D eigenvalue weighted by atomic mass is 16.2. The topological polar surface area (TPSA) is 66.9 Å². The molecule has 1 aromatic heterocycles. The summed E-state index contributed by atoms with van der Waals surface area (Å²) in [7, 11) is 0. The first kappa shape index (κ1) is 16.8. The Labute approximate surface area is 158 Å². The van der Waals surface area contributed by atoms with Gasteiger partial charge in [-0.05, 0) is 68.8 Å². The van der Waals surface area contributed by atoms with Crippen molar-refractivity contribution in [2.24, 2.45) is 17.8 Å². The van der Waals surface area contributed by atoms with E-state index in [4.69, 9.17) is 0 Å². The van der Waals surface area contributed by atoms with Crippen LogP contribution in [-0.2, 0) is 12.1 Å². The molecule has 2 N–H and O–H groups in total. The first-order chi connectivity index (χ1) is 13.0. The number of H-pyrrole nitrogens is 1. The second-order valence-electron chi connectivity index (χ2n) is 9.14. The van der Waals surface area contributed by atoms with Crippen molar-refractivity contribution in [3.63, 3.8) is 0 Å². The highest BCUT2D eigenvalue weighted by Gasteiger charge is 2.52. The predicted molar refractivity (Wildman–Crippen MR) is 106 cm³/mol. The molecule has 4 fully saturated rings. The molecule has 4 aliphatic rings. The normalized spacial score (nSPS) is 31.2. The number of aromatic nitrogens is 2. The van der Waals surface area contributed by atoms with Crippen molar-refractivity contribution in [3.8, 4) is 0 Å². The minimum absolute atomic E-state index is 0.160. The Hall–Kier alpha value is -2.30. The average Bonchev–Trinajstić information content (AvgIpc) is 2.59. The number of nitrogens with one attached hydrogen (secondary N) is 2. The van der Waals surface area contributed by atoms with Crippen molar-refractivity contribution in [1.82, 2.24) is 9.55 Å². The summed E-state index contributed by atoms with van der Waals surface area (Å²) in [6, 6.07) is 9.79. The van der Waals surface area contributed by atoms with E-state index in [2.05, 4.69) is 41.5 Å². The van der Waals surface area contributed by atoms with Crippen LogP contribution in [0.15, 0.2) is 39.9 Å². The molecule has 142 valence electrons. The molecule has 0 spiro atoms. The summed E-state index contributed by atoms with van der Waals surface area (Å²) in [6.45, 7) is 2.63. The number of nitrogens with zero attached hydrogens (tertiary/aromatic N) is 1. The van der Waals surface area contributed by atoms with Gasteiger partial charge in [-0.1, -0.05) is 29.8 Å². The molecule has 5 heteroatoms. The number of benzene rings is 1. The molecule has 0 radical (unpaired) electrons. The molecule has 0 unspecified atom stereocenters. The fourth-order valence-electron chi connectivity index (χ4n) is 6.28. The van der Waals surface area contributed by atoms with E-state index in [0.717, 1.165) is 24.8 Å². The second-order valence-corrected chi connectivity index (χ2v) is 9.14. The number of hydrogen-bond donors (Lipinski definition) is 2. The van der Waals surface area contributed by atoms with Crippen LogP contribution < -0.4 is 16.6 Å². The van der Waals surface area contributed by atoms with Gasteiger partial charge in [0.1, 0.15) is 5.82 Å². The molecule has 4 saturated carbocycles. The molecular formula is C22H27N3O2. The number of rotatable bonds is 4. The minimum Gasteiger partial charge on any atom is -0.367 e. The number of aryl methyl sites for hydroxylation is 1. The first-order valence-corrected chi connectivity index (χ1v) is 10.2. The fraction of sp³-hybridized carbons (Fsp3) is 0.545. The van der Waals surface area contributed by atoms with Crippen LogP contribution in [0, 0.1) is 24.7 Å². The third kappa shape index (κ3) is 2.93. The Morgan fingerprint density at radius 3 is 2.19 bits per heavy atom. The highest BCUT2D eigenvalue weighted by molar-refractivity contribution is 5.34. The molecule has 2 aromatic rings. The third-order valence-corrected chi connectivity index (χ3v) is 7.02. The van der Waals surface area contributed by atoms with Crippen LogP contribution in [0.1, 0.15) is 49.7 Å². The Morgan fingerprint density at radius 2 is 1.63 bits per heavy atom. The van der Waals surface area contributed by atoms with Crippen LogP contribution >= 0.6 is 0 Å². The molecule has 0 saturated heterocycles. The van der Waals surface area contributed by atoms with Crippen LogP contribution in [0.3, 0.4) is 0 Å². The van der Waals surface area contributed by atoms with Gasteiger partial charge in [-0.25, -0.2) is 4.79 Å². The SMILES string of the molecule is Cc1ccc(CNc2cc(=O)n(C34CC5CC(CC(C5)C3)C4)c(=O)[nH]2)cc1. The highest BCUT2D eigenvalue weighted by Crippen LogP contribution is 2.58. The van der Waals surface area contributed by atoms with E-state index in [9.17, 15) is 9.59 Å². The first-order valence-electron chi connectivity index (χ1n) is 10.2. The van der Waals surface area contributed by atoms with Gasteiger partial charge >= 0.3 is 5.69 Å². The van der Waals surface area contributed by atoms with Gasteiger partial charge in [-0.15, -0.1) is 0 Å². The van der Waals surface area contributed by atoms with Gasteiger partial charge in [0.05, 0.1) is 5.54 Å². The maximum atomic E-state index is 12.9. The van der Waals surface area contributed by atoms with Crippen molar-refractivity contribution < 1.29 is 0 Å². The van der Waals surface area contributed by atoms with Crippen molar-refractivity contribution in [1.29, 1.82) is 0 Å². The van der Waals surface area contributed by atoms with Crippen molar-refractivity contribution in [2.45, 2.75) is 57.5 Å². The summed E-state index contributed by atoms with van der Waals surface area (Å²) >= 11 is 0. The molecule has 6 rings (SSSR count). The summed E-state index contributed by atoms with van der Waals surface area (Å²) in [4.78, 5) is 28.8. The maximum absolute atomic E-state index is 12.9. The molecule has 27 heavy (non-hydrogen) atoms. The lowest BCUT2D eigenvalue weighted by molar-refractivity contribution is -0.0470. The molecule has 4 bridgehead atoms. The summed E-state index contributed by atoms with van der Waals surface area (Å²) in [6.07, 6.45) is 6.88. The van der Waals surface area contributed by atoms with Crippen molar-refractivity contribution in [3.05, 3.63) is 62.3 Å². The molecule has 4 aliphatic carbocycles. The summed E-state index contributed by atoms with van der Waals surface area (Å²) < 4.78 is 1.56. The average molecular weight is 365 g/mol. The molecule has 1 heterocycles. The lowest BCUT2D eigenvalue weighted by Crippen LogP contribution is -2.58. The van der Waals surface area contributed by atoms with Gasteiger partial charge in [0.15, 0.2) is 0 Å². The van der Waals surface area contributed by atoms with Crippen molar-refractivity contribution >= 4 is 5.82 Å². The molecular weight excluding hydrogens is 338 g/mol. The predicted octanol–water partition coefficient (Wildman–Crippen LogP) is 3.38. The van der Waals surface area contributed by atoms with E-state index in [1.807, 2.05) is 0 Å². The van der Waals surface area contributed by atoms with Crippen LogP contribution in [-0.4, -0.2) is 9.55 Å². The quantitative estimate of drug-likeness (QED) is 0.873. The van der Waals surface area contributed by atoms with Gasteiger partial charge < -0.3 is 5.32 Å². The van der Waals surface area contributed by atoms with Gasteiger partial charge in [0.2, 0.25) is 0 Å². The Balaban J connectivity index is 1.42. The monoisotopic (exact) mass is 365 g/mol. The van der Waals surface area contributed by atoms with E-state index < -0.39 is 0 Å². The molecule has 0 amide bonds.